The maximum Gasteiger partial charge on any atom is 0.129 e. The number of rotatable bonds is 4. The molecule has 0 bridgehead atoms. The zero-order valence-electron chi connectivity index (χ0n) is 10.3. The van der Waals surface area contributed by atoms with E-state index in [1.807, 2.05) is 19.2 Å². The molecule has 1 aliphatic heterocycles. The summed E-state index contributed by atoms with van der Waals surface area (Å²) in [5.41, 5.74) is 1.26. The van der Waals surface area contributed by atoms with Crippen molar-refractivity contribution < 1.29 is 0 Å². The Hall–Kier alpha value is -0.640. The molecule has 17 heavy (non-hydrogen) atoms. The Morgan fingerprint density at radius 2 is 2.47 bits per heavy atom. The lowest BCUT2D eigenvalue weighted by atomic mass is 9.97. The molecule has 1 aromatic rings. The molecule has 1 saturated heterocycles. The van der Waals surface area contributed by atoms with Crippen LogP contribution in [0, 0.1) is 5.92 Å². The van der Waals surface area contributed by atoms with Gasteiger partial charge in [0.1, 0.15) is 5.15 Å². The Bertz CT molecular complexity index is 354. The van der Waals surface area contributed by atoms with Gasteiger partial charge in [-0.2, -0.15) is 0 Å². The fourth-order valence-corrected chi connectivity index (χ4v) is 2.75. The van der Waals surface area contributed by atoms with Crippen LogP contribution in [0.25, 0.3) is 0 Å². The van der Waals surface area contributed by atoms with Gasteiger partial charge >= 0.3 is 0 Å². The molecule has 1 N–H and O–H groups in total. The fraction of sp³-hybridized carbons (Fsp3) is 0.615. The number of hydrogen-bond donors (Lipinski definition) is 1. The van der Waals surface area contributed by atoms with Gasteiger partial charge in [0.25, 0.3) is 0 Å². The number of hydrogen-bond acceptors (Lipinski definition) is 3. The van der Waals surface area contributed by atoms with E-state index < -0.39 is 0 Å². The summed E-state index contributed by atoms with van der Waals surface area (Å²) in [5.74, 6) is 0.783. The van der Waals surface area contributed by atoms with Gasteiger partial charge in [-0.25, -0.2) is 4.98 Å². The summed E-state index contributed by atoms with van der Waals surface area (Å²) in [6.07, 6.45) is 4.42. The molecule has 0 saturated carbocycles. The highest BCUT2D eigenvalue weighted by atomic mass is 35.5. The third-order valence-electron chi connectivity index (χ3n) is 3.29. The van der Waals surface area contributed by atoms with E-state index in [1.54, 1.807) is 6.20 Å². The molecule has 0 aliphatic carbocycles. The Morgan fingerprint density at radius 1 is 1.59 bits per heavy atom. The zero-order valence-corrected chi connectivity index (χ0v) is 11.1. The lowest BCUT2D eigenvalue weighted by molar-refractivity contribution is 0.167. The van der Waals surface area contributed by atoms with Crippen molar-refractivity contribution in [2.45, 2.75) is 19.4 Å². The van der Waals surface area contributed by atoms with Crippen molar-refractivity contribution in [3.8, 4) is 0 Å². The fourth-order valence-electron chi connectivity index (χ4n) is 2.55. The predicted molar refractivity (Wildman–Crippen MR) is 71.2 cm³/mol. The number of pyridine rings is 1. The van der Waals surface area contributed by atoms with Gasteiger partial charge in [-0.05, 0) is 56.6 Å². The van der Waals surface area contributed by atoms with Gasteiger partial charge in [-0.15, -0.1) is 0 Å². The smallest absolute Gasteiger partial charge is 0.129 e. The Labute approximate surface area is 108 Å². The molecular formula is C13H20ClN3. The van der Waals surface area contributed by atoms with Crippen LogP contribution in [-0.2, 0) is 6.54 Å². The molecule has 3 nitrogen and oxygen atoms in total. The van der Waals surface area contributed by atoms with Crippen LogP contribution < -0.4 is 5.32 Å². The SMILES string of the molecule is CNCC1CCCN(Cc2ccnc(Cl)c2)C1. The van der Waals surface area contributed by atoms with Crippen LogP contribution in [0.1, 0.15) is 18.4 Å². The number of nitrogens with one attached hydrogen (secondary N) is 1. The third kappa shape index (κ3) is 3.95. The molecule has 2 rings (SSSR count). The van der Waals surface area contributed by atoms with Crippen molar-refractivity contribution >= 4 is 11.6 Å². The number of halogens is 1. The molecule has 0 amide bonds. The van der Waals surface area contributed by atoms with Gasteiger partial charge in [0.05, 0.1) is 0 Å². The molecule has 0 radical (unpaired) electrons. The van der Waals surface area contributed by atoms with Crippen LogP contribution in [0.3, 0.4) is 0 Å². The Morgan fingerprint density at radius 3 is 3.24 bits per heavy atom. The second-order valence-electron chi connectivity index (χ2n) is 4.79. The Balaban J connectivity index is 1.90. The average Bonchev–Trinajstić information content (AvgIpc) is 2.30. The lowest BCUT2D eigenvalue weighted by Gasteiger charge is -2.32. The minimum absolute atomic E-state index is 0.589. The molecule has 94 valence electrons. The number of aromatic nitrogens is 1. The van der Waals surface area contributed by atoms with E-state index in [1.165, 1.54) is 31.5 Å². The van der Waals surface area contributed by atoms with Gasteiger partial charge in [-0.1, -0.05) is 11.6 Å². The highest BCUT2D eigenvalue weighted by Gasteiger charge is 2.19. The van der Waals surface area contributed by atoms with Gasteiger partial charge in [0.15, 0.2) is 0 Å². The summed E-state index contributed by atoms with van der Waals surface area (Å²) < 4.78 is 0. The normalized spacial score (nSPS) is 21.6. The third-order valence-corrected chi connectivity index (χ3v) is 3.50. The van der Waals surface area contributed by atoms with Crippen LogP contribution in [-0.4, -0.2) is 36.6 Å². The maximum atomic E-state index is 5.90. The molecular weight excluding hydrogens is 234 g/mol. The van der Waals surface area contributed by atoms with Crippen LogP contribution >= 0.6 is 11.6 Å². The van der Waals surface area contributed by atoms with Crippen molar-refractivity contribution in [2.75, 3.05) is 26.7 Å². The molecule has 1 aromatic heterocycles. The standard InChI is InChI=1S/C13H20ClN3/c1-15-8-12-3-2-6-17(10-12)9-11-4-5-16-13(14)7-11/h4-5,7,12,15H,2-3,6,8-10H2,1H3. The van der Waals surface area contributed by atoms with E-state index in [0.717, 1.165) is 19.0 Å². The summed E-state index contributed by atoms with van der Waals surface area (Å²) in [7, 11) is 2.03. The van der Waals surface area contributed by atoms with E-state index in [9.17, 15) is 0 Å². The summed E-state index contributed by atoms with van der Waals surface area (Å²) in [6.45, 7) is 4.48. The van der Waals surface area contributed by atoms with Crippen molar-refractivity contribution in [1.29, 1.82) is 0 Å². The van der Waals surface area contributed by atoms with Gasteiger partial charge < -0.3 is 5.32 Å². The monoisotopic (exact) mass is 253 g/mol. The number of likely N-dealkylation sites (tertiary alicyclic amines) is 1. The van der Waals surface area contributed by atoms with Gasteiger partial charge in [0, 0.05) is 19.3 Å². The molecule has 1 fully saturated rings. The summed E-state index contributed by atoms with van der Waals surface area (Å²) in [5, 5.41) is 3.86. The quantitative estimate of drug-likeness (QED) is 0.834. The molecule has 1 aliphatic rings. The van der Waals surface area contributed by atoms with Crippen molar-refractivity contribution in [2.24, 2.45) is 5.92 Å². The largest absolute Gasteiger partial charge is 0.319 e. The molecule has 0 spiro atoms. The van der Waals surface area contributed by atoms with Crippen molar-refractivity contribution in [3.05, 3.63) is 29.0 Å². The van der Waals surface area contributed by atoms with Crippen molar-refractivity contribution in [1.82, 2.24) is 15.2 Å². The van der Waals surface area contributed by atoms with E-state index in [0.29, 0.717) is 5.15 Å². The van der Waals surface area contributed by atoms with Crippen LogP contribution in [0.5, 0.6) is 0 Å². The summed E-state index contributed by atoms with van der Waals surface area (Å²) >= 11 is 5.90. The second-order valence-corrected chi connectivity index (χ2v) is 5.18. The number of nitrogens with zero attached hydrogens (tertiary/aromatic N) is 2. The minimum Gasteiger partial charge on any atom is -0.319 e. The van der Waals surface area contributed by atoms with Crippen molar-refractivity contribution in [3.63, 3.8) is 0 Å². The first-order valence-electron chi connectivity index (χ1n) is 6.25. The highest BCUT2D eigenvalue weighted by Crippen LogP contribution is 2.18. The maximum absolute atomic E-state index is 5.90. The zero-order chi connectivity index (χ0) is 12.1. The van der Waals surface area contributed by atoms with Crippen LogP contribution in [0.15, 0.2) is 18.3 Å². The first kappa shape index (κ1) is 12.8. The Kier molecular flexibility index (Phi) is 4.77. The van der Waals surface area contributed by atoms with Crippen LogP contribution in [0.4, 0.5) is 0 Å². The first-order chi connectivity index (χ1) is 8.28. The highest BCUT2D eigenvalue weighted by molar-refractivity contribution is 6.29. The molecule has 1 atom stereocenters. The topological polar surface area (TPSA) is 28.2 Å². The van der Waals surface area contributed by atoms with Gasteiger partial charge in [0.2, 0.25) is 0 Å². The lowest BCUT2D eigenvalue weighted by Crippen LogP contribution is -2.38. The van der Waals surface area contributed by atoms with Crippen LogP contribution in [0.2, 0.25) is 5.15 Å². The molecule has 1 unspecified atom stereocenters. The summed E-state index contributed by atoms with van der Waals surface area (Å²) in [6, 6.07) is 4.01. The van der Waals surface area contributed by atoms with E-state index in [-0.39, 0.29) is 0 Å². The average molecular weight is 254 g/mol. The summed E-state index contributed by atoms with van der Waals surface area (Å²) in [4.78, 5) is 6.53. The molecule has 4 heteroatoms. The van der Waals surface area contributed by atoms with E-state index >= 15 is 0 Å². The minimum atomic E-state index is 0.589. The van der Waals surface area contributed by atoms with E-state index in [2.05, 4.69) is 15.2 Å². The predicted octanol–water partition coefficient (Wildman–Crippen LogP) is 2.17. The first-order valence-corrected chi connectivity index (χ1v) is 6.63. The molecule has 2 heterocycles. The number of piperidine rings is 1. The van der Waals surface area contributed by atoms with Gasteiger partial charge in [-0.3, -0.25) is 4.90 Å². The molecule has 0 aromatic carbocycles. The van der Waals surface area contributed by atoms with E-state index in [4.69, 9.17) is 11.6 Å². The second kappa shape index (κ2) is 6.34.